The molecule has 4 N–H and O–H groups in total. The molecule has 4 unspecified atom stereocenters. The van der Waals surface area contributed by atoms with Crippen LogP contribution < -0.4 is 11.5 Å². The lowest BCUT2D eigenvalue weighted by atomic mass is 9.70. The van der Waals surface area contributed by atoms with Gasteiger partial charge >= 0.3 is 0 Å². The molecule has 0 aromatic heterocycles. The van der Waals surface area contributed by atoms with Gasteiger partial charge in [-0.2, -0.15) is 0 Å². The molecule has 4 atom stereocenters. The summed E-state index contributed by atoms with van der Waals surface area (Å²) in [6.07, 6.45) is 3.50. The van der Waals surface area contributed by atoms with E-state index in [1.54, 1.807) is 0 Å². The van der Waals surface area contributed by atoms with Crippen molar-refractivity contribution in [3.05, 3.63) is 0 Å². The standard InChI is InChI=1S/C10H22N2/c1-7-4-9(8(2)11)6-10(3,12)5-7/h7-9H,4-6,11-12H2,1-3H3. The molecule has 2 nitrogen and oxygen atoms in total. The molecule has 0 aromatic carbocycles. The average molecular weight is 170 g/mol. The van der Waals surface area contributed by atoms with Crippen LogP contribution in [0.2, 0.25) is 0 Å². The maximum absolute atomic E-state index is 6.14. The highest BCUT2D eigenvalue weighted by Gasteiger charge is 2.33. The summed E-state index contributed by atoms with van der Waals surface area (Å²) in [4.78, 5) is 0. The van der Waals surface area contributed by atoms with Gasteiger partial charge in [0.05, 0.1) is 0 Å². The Hall–Kier alpha value is -0.0800. The highest BCUT2D eigenvalue weighted by atomic mass is 14.8. The summed E-state index contributed by atoms with van der Waals surface area (Å²) < 4.78 is 0. The smallest absolute Gasteiger partial charge is 0.0131 e. The molecular weight excluding hydrogens is 148 g/mol. The average Bonchev–Trinajstić information content (AvgIpc) is 1.82. The molecule has 1 aliphatic rings. The molecule has 0 saturated heterocycles. The Balaban J connectivity index is 2.58. The molecule has 0 heterocycles. The molecule has 1 aliphatic carbocycles. The fourth-order valence-corrected chi connectivity index (χ4v) is 2.56. The molecule has 2 heteroatoms. The summed E-state index contributed by atoms with van der Waals surface area (Å²) in [6.45, 7) is 6.52. The highest BCUT2D eigenvalue weighted by Crippen LogP contribution is 2.35. The van der Waals surface area contributed by atoms with Crippen molar-refractivity contribution in [2.45, 2.75) is 51.6 Å². The van der Waals surface area contributed by atoms with Gasteiger partial charge in [0.1, 0.15) is 0 Å². The van der Waals surface area contributed by atoms with Crippen LogP contribution in [-0.4, -0.2) is 11.6 Å². The van der Waals surface area contributed by atoms with Crippen molar-refractivity contribution < 1.29 is 0 Å². The van der Waals surface area contributed by atoms with Crippen LogP contribution in [0.3, 0.4) is 0 Å². The van der Waals surface area contributed by atoms with Gasteiger partial charge in [0.2, 0.25) is 0 Å². The molecule has 0 bridgehead atoms. The molecule has 0 aromatic rings. The Kier molecular flexibility index (Phi) is 2.79. The first-order valence-corrected chi connectivity index (χ1v) is 4.95. The van der Waals surface area contributed by atoms with Gasteiger partial charge in [0, 0.05) is 11.6 Å². The fraction of sp³-hybridized carbons (Fsp3) is 1.00. The minimum absolute atomic E-state index is 0.0238. The summed E-state index contributed by atoms with van der Waals surface area (Å²) in [5.74, 6) is 1.37. The SMILES string of the molecule is CC1CC(C(C)N)CC(C)(N)C1. The third-order valence-electron chi connectivity index (χ3n) is 2.99. The third kappa shape index (κ3) is 2.46. The number of hydrogen-bond donors (Lipinski definition) is 2. The van der Waals surface area contributed by atoms with Crippen molar-refractivity contribution in [2.24, 2.45) is 23.3 Å². The van der Waals surface area contributed by atoms with Gasteiger partial charge in [-0.15, -0.1) is 0 Å². The van der Waals surface area contributed by atoms with Crippen LogP contribution in [0.15, 0.2) is 0 Å². The lowest BCUT2D eigenvalue weighted by Crippen LogP contribution is -2.47. The van der Waals surface area contributed by atoms with Crippen molar-refractivity contribution in [1.29, 1.82) is 0 Å². The van der Waals surface area contributed by atoms with Crippen LogP contribution in [0, 0.1) is 11.8 Å². The van der Waals surface area contributed by atoms with Gasteiger partial charge in [-0.3, -0.25) is 0 Å². The molecule has 12 heavy (non-hydrogen) atoms. The first kappa shape index (κ1) is 10.0. The Labute approximate surface area is 75.7 Å². The van der Waals surface area contributed by atoms with Crippen LogP contribution in [0.1, 0.15) is 40.0 Å². The first-order valence-electron chi connectivity index (χ1n) is 4.95. The predicted molar refractivity (Wildman–Crippen MR) is 52.7 cm³/mol. The molecule has 0 aliphatic heterocycles. The zero-order valence-corrected chi connectivity index (χ0v) is 8.51. The normalized spacial score (nSPS) is 45.8. The summed E-state index contributed by atoms with van der Waals surface area (Å²) in [6, 6.07) is 0.302. The van der Waals surface area contributed by atoms with Crippen LogP contribution >= 0.6 is 0 Å². The van der Waals surface area contributed by atoms with Gasteiger partial charge in [0.15, 0.2) is 0 Å². The van der Waals surface area contributed by atoms with Crippen LogP contribution in [0.5, 0.6) is 0 Å². The van der Waals surface area contributed by atoms with E-state index in [2.05, 4.69) is 20.8 Å². The molecule has 0 radical (unpaired) electrons. The van der Waals surface area contributed by atoms with Crippen molar-refractivity contribution in [2.75, 3.05) is 0 Å². The van der Waals surface area contributed by atoms with Gasteiger partial charge in [-0.1, -0.05) is 6.92 Å². The van der Waals surface area contributed by atoms with Crippen molar-refractivity contribution in [3.8, 4) is 0 Å². The van der Waals surface area contributed by atoms with E-state index < -0.39 is 0 Å². The molecule has 1 saturated carbocycles. The van der Waals surface area contributed by atoms with Gasteiger partial charge in [-0.25, -0.2) is 0 Å². The zero-order chi connectivity index (χ0) is 9.35. The Morgan fingerprint density at radius 1 is 1.42 bits per heavy atom. The van der Waals surface area contributed by atoms with Gasteiger partial charge < -0.3 is 11.5 Å². The van der Waals surface area contributed by atoms with E-state index >= 15 is 0 Å². The van der Waals surface area contributed by atoms with Crippen LogP contribution in [0.4, 0.5) is 0 Å². The quantitative estimate of drug-likeness (QED) is 0.626. The van der Waals surface area contributed by atoms with Crippen LogP contribution in [0.25, 0.3) is 0 Å². The topological polar surface area (TPSA) is 52.0 Å². The molecular formula is C10H22N2. The second kappa shape index (κ2) is 3.35. The lowest BCUT2D eigenvalue weighted by molar-refractivity contribution is 0.170. The lowest BCUT2D eigenvalue weighted by Gasteiger charge is -2.40. The number of hydrogen-bond acceptors (Lipinski definition) is 2. The summed E-state index contributed by atoms with van der Waals surface area (Å²) in [5, 5.41) is 0. The van der Waals surface area contributed by atoms with E-state index in [0.29, 0.717) is 12.0 Å². The molecule has 0 spiro atoms. The summed E-state index contributed by atoms with van der Waals surface area (Å²) in [5.41, 5.74) is 12.1. The van der Waals surface area contributed by atoms with E-state index in [9.17, 15) is 0 Å². The van der Waals surface area contributed by atoms with E-state index in [1.165, 1.54) is 6.42 Å². The third-order valence-corrected chi connectivity index (χ3v) is 2.99. The minimum Gasteiger partial charge on any atom is -0.328 e. The second-order valence-corrected chi connectivity index (χ2v) is 5.02. The van der Waals surface area contributed by atoms with Crippen molar-refractivity contribution in [1.82, 2.24) is 0 Å². The minimum atomic E-state index is 0.0238. The first-order chi connectivity index (χ1) is 5.41. The van der Waals surface area contributed by atoms with Crippen molar-refractivity contribution in [3.63, 3.8) is 0 Å². The number of rotatable bonds is 1. The van der Waals surface area contributed by atoms with Crippen LogP contribution in [-0.2, 0) is 0 Å². The molecule has 72 valence electrons. The molecule has 1 fully saturated rings. The van der Waals surface area contributed by atoms with E-state index in [1.807, 2.05) is 0 Å². The predicted octanol–water partition coefficient (Wildman–Crippen LogP) is 1.49. The highest BCUT2D eigenvalue weighted by molar-refractivity contribution is 4.91. The summed E-state index contributed by atoms with van der Waals surface area (Å²) in [7, 11) is 0. The van der Waals surface area contributed by atoms with Crippen molar-refractivity contribution >= 4 is 0 Å². The second-order valence-electron chi connectivity index (χ2n) is 5.02. The summed E-state index contributed by atoms with van der Waals surface area (Å²) >= 11 is 0. The largest absolute Gasteiger partial charge is 0.328 e. The maximum Gasteiger partial charge on any atom is 0.0131 e. The molecule has 1 rings (SSSR count). The van der Waals surface area contributed by atoms with E-state index in [0.717, 1.165) is 18.8 Å². The Morgan fingerprint density at radius 3 is 2.42 bits per heavy atom. The monoisotopic (exact) mass is 170 g/mol. The fourth-order valence-electron chi connectivity index (χ4n) is 2.56. The number of nitrogens with two attached hydrogens (primary N) is 2. The van der Waals surface area contributed by atoms with Gasteiger partial charge in [-0.05, 0) is 44.9 Å². The Bertz CT molecular complexity index is 152. The Morgan fingerprint density at radius 2 is 2.00 bits per heavy atom. The molecule has 0 amide bonds. The van der Waals surface area contributed by atoms with E-state index in [-0.39, 0.29) is 5.54 Å². The zero-order valence-electron chi connectivity index (χ0n) is 8.51. The van der Waals surface area contributed by atoms with Gasteiger partial charge in [0.25, 0.3) is 0 Å². The van der Waals surface area contributed by atoms with E-state index in [4.69, 9.17) is 11.5 Å². The maximum atomic E-state index is 6.14.